The van der Waals surface area contributed by atoms with Gasteiger partial charge in [0.2, 0.25) is 0 Å². The highest BCUT2D eigenvalue weighted by Crippen LogP contribution is 2.31. The number of aliphatic hydroxyl groups is 1. The van der Waals surface area contributed by atoms with Crippen molar-refractivity contribution in [2.45, 2.75) is 32.2 Å². The van der Waals surface area contributed by atoms with Crippen LogP contribution in [0.2, 0.25) is 0 Å². The van der Waals surface area contributed by atoms with Gasteiger partial charge in [0.05, 0.1) is 36.2 Å². The number of ether oxygens (including phenoxy) is 1. The van der Waals surface area contributed by atoms with Gasteiger partial charge in [-0.05, 0) is 54.8 Å². The van der Waals surface area contributed by atoms with E-state index in [1.807, 2.05) is 16.7 Å². The molecule has 4 N–H and O–H groups in total. The second-order valence-corrected chi connectivity index (χ2v) is 8.31. The molecule has 0 spiro atoms. The molecular weight excluding hydrogens is 475 g/mol. The lowest BCUT2D eigenvalue weighted by Gasteiger charge is -2.12. The molecule has 0 aliphatic heterocycles. The Kier molecular flexibility index (Phi) is 8.52. The van der Waals surface area contributed by atoms with Crippen LogP contribution in [0, 0.1) is 0 Å². The third kappa shape index (κ3) is 6.80. The number of hydrogen-bond acceptors (Lipinski definition) is 7. The van der Waals surface area contributed by atoms with Crippen LogP contribution >= 0.6 is 0 Å². The first kappa shape index (κ1) is 25.6. The van der Waals surface area contributed by atoms with Crippen molar-refractivity contribution in [3.05, 3.63) is 65.9 Å². The van der Waals surface area contributed by atoms with Gasteiger partial charge in [0, 0.05) is 30.8 Å². The van der Waals surface area contributed by atoms with Crippen molar-refractivity contribution in [1.29, 1.82) is 0 Å². The number of rotatable bonds is 13. The number of unbranched alkanes of at least 4 members (excludes halogenated alkanes) is 1. The highest BCUT2D eigenvalue weighted by Gasteiger charge is 2.31. The van der Waals surface area contributed by atoms with E-state index in [2.05, 4.69) is 31.0 Å². The van der Waals surface area contributed by atoms with Crippen LogP contribution in [-0.2, 0) is 24.1 Å². The molecule has 4 rings (SSSR count). The fourth-order valence-electron chi connectivity index (χ4n) is 3.83. The van der Waals surface area contributed by atoms with E-state index in [1.165, 1.54) is 0 Å². The number of nitrogens with zero attached hydrogens (tertiary/aromatic N) is 4. The number of alkyl halides is 3. The highest BCUT2D eigenvalue weighted by molar-refractivity contribution is 5.93. The van der Waals surface area contributed by atoms with Gasteiger partial charge in [-0.25, -0.2) is 0 Å². The number of hydrogen-bond donors (Lipinski definition) is 4. The normalized spacial score (nSPS) is 11.9. The molecule has 0 atom stereocenters. The summed E-state index contributed by atoms with van der Waals surface area (Å²) >= 11 is 0. The Labute approximate surface area is 205 Å². The zero-order valence-electron chi connectivity index (χ0n) is 19.6. The monoisotopic (exact) mass is 503 g/mol. The Bertz CT molecular complexity index is 1240. The minimum absolute atomic E-state index is 0.252. The van der Waals surface area contributed by atoms with Crippen molar-refractivity contribution in [1.82, 2.24) is 30.3 Å². The number of nitrogens with one attached hydrogen (secondary N) is 3. The molecule has 0 fully saturated rings. The van der Waals surface area contributed by atoms with Crippen LogP contribution in [0.1, 0.15) is 29.5 Å². The van der Waals surface area contributed by atoms with Gasteiger partial charge in [-0.2, -0.15) is 18.3 Å². The number of aromatic nitrogens is 5. The summed E-state index contributed by atoms with van der Waals surface area (Å²) in [5.74, 6) is 0. The van der Waals surface area contributed by atoms with Gasteiger partial charge >= 0.3 is 6.18 Å². The minimum atomic E-state index is -4.43. The highest BCUT2D eigenvalue weighted by atomic mass is 19.4. The van der Waals surface area contributed by atoms with Crippen molar-refractivity contribution in [3.63, 3.8) is 0 Å². The first-order valence-corrected chi connectivity index (χ1v) is 11.6. The lowest BCUT2D eigenvalue weighted by Crippen LogP contribution is -2.17. The number of aromatic amines is 1. The lowest BCUT2D eigenvalue weighted by molar-refractivity contribution is -0.137. The molecule has 0 aliphatic rings. The second-order valence-electron chi connectivity index (χ2n) is 8.31. The molecule has 4 aromatic rings. The summed E-state index contributed by atoms with van der Waals surface area (Å²) < 4.78 is 46.5. The number of fused-ring (bicyclic) bond motifs is 1. The summed E-state index contributed by atoms with van der Waals surface area (Å²) in [4.78, 5) is 0. The van der Waals surface area contributed by atoms with Gasteiger partial charge in [0.1, 0.15) is 12.7 Å². The molecular formula is C24H28F3N7O2. The molecule has 36 heavy (non-hydrogen) atoms. The summed E-state index contributed by atoms with van der Waals surface area (Å²) in [6.45, 7) is 2.26. The number of benzene rings is 2. The number of halogens is 3. The standard InChI is InChI=1S/C24H28F3N7O2/c25-24(26,27)19-8-17(7-18(9-19)14-35)12-28-3-1-2-5-36-6-4-29-22-10-20(34-15-31-32-16-34)11-23-21(22)13-30-33-23/h7-11,13,15-16,28-29,35H,1-6,12,14H2,(H,30,33). The number of H-pyrrole nitrogens is 1. The quantitative estimate of drug-likeness (QED) is 0.206. The summed E-state index contributed by atoms with van der Waals surface area (Å²) in [6, 6.07) is 7.64. The van der Waals surface area contributed by atoms with Crippen LogP contribution in [-0.4, -0.2) is 56.4 Å². The maximum Gasteiger partial charge on any atom is 0.416 e. The van der Waals surface area contributed by atoms with Crippen LogP contribution < -0.4 is 10.6 Å². The topological polar surface area (TPSA) is 113 Å². The van der Waals surface area contributed by atoms with E-state index in [-0.39, 0.29) is 5.56 Å². The molecule has 0 saturated heterocycles. The maximum absolute atomic E-state index is 13.0. The molecule has 2 aromatic carbocycles. The van der Waals surface area contributed by atoms with E-state index in [0.717, 1.165) is 47.3 Å². The van der Waals surface area contributed by atoms with Gasteiger partial charge in [0.25, 0.3) is 0 Å². The number of anilines is 1. The van der Waals surface area contributed by atoms with Crippen LogP contribution in [0.5, 0.6) is 0 Å². The average Bonchev–Trinajstić information content (AvgIpc) is 3.56. The smallest absolute Gasteiger partial charge is 0.392 e. The van der Waals surface area contributed by atoms with E-state index in [4.69, 9.17) is 4.74 Å². The van der Waals surface area contributed by atoms with Crippen molar-refractivity contribution >= 4 is 16.6 Å². The van der Waals surface area contributed by atoms with E-state index >= 15 is 0 Å². The first-order chi connectivity index (χ1) is 17.4. The Morgan fingerprint density at radius 1 is 0.972 bits per heavy atom. The third-order valence-electron chi connectivity index (χ3n) is 5.61. The predicted octanol–water partition coefficient (Wildman–Crippen LogP) is 3.65. The zero-order chi connectivity index (χ0) is 25.4. The van der Waals surface area contributed by atoms with E-state index in [1.54, 1.807) is 24.9 Å². The van der Waals surface area contributed by atoms with Gasteiger partial charge in [-0.1, -0.05) is 6.07 Å². The molecule has 2 heterocycles. The van der Waals surface area contributed by atoms with Gasteiger partial charge in [-0.3, -0.25) is 9.67 Å². The van der Waals surface area contributed by atoms with Crippen molar-refractivity contribution in [3.8, 4) is 5.69 Å². The Balaban J connectivity index is 1.13. The fraction of sp³-hybridized carbons (Fsp3) is 0.375. The average molecular weight is 504 g/mol. The molecule has 12 heteroatoms. The molecule has 0 saturated carbocycles. The minimum Gasteiger partial charge on any atom is -0.392 e. The van der Waals surface area contributed by atoms with E-state index in [0.29, 0.717) is 38.4 Å². The van der Waals surface area contributed by atoms with Crippen LogP contribution in [0.15, 0.2) is 49.2 Å². The van der Waals surface area contributed by atoms with Gasteiger partial charge in [0.15, 0.2) is 0 Å². The summed E-state index contributed by atoms with van der Waals surface area (Å²) in [5.41, 5.74) is 2.74. The molecule has 0 aliphatic carbocycles. The Hall–Kier alpha value is -3.48. The summed E-state index contributed by atoms with van der Waals surface area (Å²) in [6.07, 6.45) is 2.25. The predicted molar refractivity (Wildman–Crippen MR) is 129 cm³/mol. The Morgan fingerprint density at radius 3 is 2.56 bits per heavy atom. The second kappa shape index (κ2) is 12.0. The van der Waals surface area contributed by atoms with Crippen molar-refractivity contribution < 1.29 is 23.0 Å². The van der Waals surface area contributed by atoms with Crippen molar-refractivity contribution in [2.24, 2.45) is 0 Å². The summed E-state index contributed by atoms with van der Waals surface area (Å²) in [7, 11) is 0. The lowest BCUT2D eigenvalue weighted by atomic mass is 10.1. The number of aliphatic hydroxyl groups excluding tert-OH is 1. The fourth-order valence-corrected chi connectivity index (χ4v) is 3.83. The molecule has 192 valence electrons. The summed E-state index contributed by atoms with van der Waals surface area (Å²) in [5, 5.41) is 31.5. The zero-order valence-corrected chi connectivity index (χ0v) is 19.6. The Morgan fingerprint density at radius 2 is 1.78 bits per heavy atom. The van der Waals surface area contributed by atoms with Crippen LogP contribution in [0.4, 0.5) is 18.9 Å². The molecule has 0 unspecified atom stereocenters. The third-order valence-corrected chi connectivity index (χ3v) is 5.61. The molecule has 0 amide bonds. The molecule has 0 bridgehead atoms. The van der Waals surface area contributed by atoms with Crippen LogP contribution in [0.25, 0.3) is 16.6 Å². The largest absolute Gasteiger partial charge is 0.416 e. The van der Waals surface area contributed by atoms with Gasteiger partial charge in [-0.15, -0.1) is 10.2 Å². The van der Waals surface area contributed by atoms with Gasteiger partial charge < -0.3 is 20.5 Å². The van der Waals surface area contributed by atoms with Crippen molar-refractivity contribution in [2.75, 3.05) is 31.6 Å². The molecule has 9 nitrogen and oxygen atoms in total. The van der Waals surface area contributed by atoms with E-state index in [9.17, 15) is 18.3 Å². The molecule has 0 radical (unpaired) electrons. The maximum atomic E-state index is 13.0. The SMILES string of the molecule is OCc1cc(CNCCCCOCCNc2cc(-n3cnnc3)cc3[nH]ncc23)cc(C(F)(F)F)c1. The first-order valence-electron chi connectivity index (χ1n) is 11.6. The van der Waals surface area contributed by atoms with E-state index < -0.39 is 18.3 Å². The van der Waals surface area contributed by atoms with Crippen LogP contribution in [0.3, 0.4) is 0 Å². The molecule has 2 aromatic heterocycles.